The van der Waals surface area contributed by atoms with Gasteiger partial charge in [0, 0.05) is 45.2 Å². The van der Waals surface area contributed by atoms with Gasteiger partial charge in [0.1, 0.15) is 0 Å². The lowest BCUT2D eigenvalue weighted by Crippen LogP contribution is -2.46. The number of rotatable bonds is 4. The molecule has 1 amide bonds. The van der Waals surface area contributed by atoms with Gasteiger partial charge in [-0.05, 0) is 45.2 Å². The van der Waals surface area contributed by atoms with E-state index in [4.69, 9.17) is 0 Å². The standard InChI is InChI=1S/C19H35N5O.HI/c1-20-19(21-12-15-8-10-23(2)13-15)22-17-9-11-24(14-17)18(25)16-6-4-3-5-7-16;/h15-17H,3-14H2,1-2H3,(H2,20,21,22);1H. The zero-order valence-electron chi connectivity index (χ0n) is 16.4. The first-order valence-electron chi connectivity index (χ1n) is 10.1. The number of hydrogen-bond acceptors (Lipinski definition) is 3. The minimum atomic E-state index is 0. The van der Waals surface area contributed by atoms with Crippen LogP contribution in [0.3, 0.4) is 0 Å². The Kier molecular flexibility index (Phi) is 8.93. The van der Waals surface area contributed by atoms with Crippen LogP contribution in [0.2, 0.25) is 0 Å². The molecule has 2 saturated heterocycles. The first kappa shape index (κ1) is 21.7. The van der Waals surface area contributed by atoms with E-state index < -0.39 is 0 Å². The number of aliphatic imine (C=N–C) groups is 1. The Hall–Kier alpha value is -0.570. The van der Waals surface area contributed by atoms with Crippen molar-refractivity contribution in [2.45, 2.75) is 51.0 Å². The van der Waals surface area contributed by atoms with Gasteiger partial charge >= 0.3 is 0 Å². The highest BCUT2D eigenvalue weighted by molar-refractivity contribution is 14.0. The lowest BCUT2D eigenvalue weighted by atomic mass is 9.88. The van der Waals surface area contributed by atoms with Crippen LogP contribution in [-0.4, -0.2) is 74.5 Å². The summed E-state index contributed by atoms with van der Waals surface area (Å²) in [5.74, 6) is 2.26. The van der Waals surface area contributed by atoms with Crippen molar-refractivity contribution in [1.29, 1.82) is 0 Å². The van der Waals surface area contributed by atoms with Gasteiger partial charge in [0.2, 0.25) is 5.91 Å². The number of nitrogens with zero attached hydrogens (tertiary/aromatic N) is 3. The van der Waals surface area contributed by atoms with E-state index in [0.717, 1.165) is 51.4 Å². The lowest BCUT2D eigenvalue weighted by molar-refractivity contribution is -0.135. The third kappa shape index (κ3) is 5.97. The van der Waals surface area contributed by atoms with Crippen LogP contribution in [0.4, 0.5) is 0 Å². The molecule has 26 heavy (non-hydrogen) atoms. The summed E-state index contributed by atoms with van der Waals surface area (Å²) < 4.78 is 0. The number of nitrogens with one attached hydrogen (secondary N) is 2. The lowest BCUT2D eigenvalue weighted by Gasteiger charge is -2.26. The van der Waals surface area contributed by atoms with Crippen LogP contribution >= 0.6 is 24.0 Å². The van der Waals surface area contributed by atoms with Crippen LogP contribution in [0.5, 0.6) is 0 Å². The number of carbonyl (C=O) groups excluding carboxylic acids is 1. The van der Waals surface area contributed by atoms with Gasteiger partial charge in [-0.2, -0.15) is 0 Å². The molecule has 150 valence electrons. The Morgan fingerprint density at radius 1 is 1.08 bits per heavy atom. The number of halogens is 1. The van der Waals surface area contributed by atoms with Crippen LogP contribution in [0.1, 0.15) is 44.9 Å². The molecule has 0 radical (unpaired) electrons. The Balaban J connectivity index is 0.00000243. The highest BCUT2D eigenvalue weighted by atomic mass is 127. The maximum absolute atomic E-state index is 12.7. The fourth-order valence-corrected chi connectivity index (χ4v) is 4.51. The molecule has 2 aliphatic heterocycles. The first-order valence-corrected chi connectivity index (χ1v) is 10.1. The Morgan fingerprint density at radius 2 is 1.85 bits per heavy atom. The molecule has 2 unspecified atom stereocenters. The molecular weight excluding hydrogens is 441 g/mol. The summed E-state index contributed by atoms with van der Waals surface area (Å²) in [5.41, 5.74) is 0. The van der Waals surface area contributed by atoms with Gasteiger partial charge in [0.15, 0.2) is 5.96 Å². The molecule has 3 fully saturated rings. The first-order chi connectivity index (χ1) is 12.2. The number of carbonyl (C=O) groups is 1. The van der Waals surface area contributed by atoms with Gasteiger partial charge in [-0.25, -0.2) is 0 Å². The molecule has 1 saturated carbocycles. The molecule has 0 spiro atoms. The Bertz CT molecular complexity index is 481. The molecule has 7 heteroatoms. The maximum atomic E-state index is 12.7. The van der Waals surface area contributed by atoms with E-state index in [-0.39, 0.29) is 29.9 Å². The smallest absolute Gasteiger partial charge is 0.225 e. The highest BCUT2D eigenvalue weighted by Gasteiger charge is 2.31. The van der Waals surface area contributed by atoms with Crippen molar-refractivity contribution in [2.24, 2.45) is 16.8 Å². The largest absolute Gasteiger partial charge is 0.356 e. The van der Waals surface area contributed by atoms with E-state index in [0.29, 0.717) is 17.9 Å². The van der Waals surface area contributed by atoms with E-state index in [9.17, 15) is 4.79 Å². The third-order valence-corrected chi connectivity index (χ3v) is 6.07. The summed E-state index contributed by atoms with van der Waals surface area (Å²) in [5, 5.41) is 6.99. The molecule has 3 aliphatic rings. The van der Waals surface area contributed by atoms with E-state index >= 15 is 0 Å². The second kappa shape index (κ2) is 10.7. The third-order valence-electron chi connectivity index (χ3n) is 6.07. The topological polar surface area (TPSA) is 60.0 Å². The van der Waals surface area contributed by atoms with Gasteiger partial charge in [-0.15, -0.1) is 24.0 Å². The zero-order valence-corrected chi connectivity index (χ0v) is 18.7. The zero-order chi connectivity index (χ0) is 17.6. The van der Waals surface area contributed by atoms with Crippen LogP contribution < -0.4 is 10.6 Å². The average Bonchev–Trinajstić information content (AvgIpc) is 3.27. The summed E-state index contributed by atoms with van der Waals surface area (Å²) in [6.07, 6.45) is 8.20. The SMILES string of the molecule is CN=C(NCC1CCN(C)C1)NC1CCN(C(=O)C2CCCCC2)C1.I. The van der Waals surface area contributed by atoms with Gasteiger partial charge in [0.05, 0.1) is 0 Å². The predicted molar refractivity (Wildman–Crippen MR) is 117 cm³/mol. The van der Waals surface area contributed by atoms with Crippen LogP contribution in [0, 0.1) is 11.8 Å². The van der Waals surface area contributed by atoms with Gasteiger partial charge in [0.25, 0.3) is 0 Å². The molecule has 6 nitrogen and oxygen atoms in total. The molecule has 0 aromatic carbocycles. The summed E-state index contributed by atoms with van der Waals surface area (Å²) in [4.78, 5) is 21.5. The van der Waals surface area contributed by atoms with Crippen LogP contribution in [0.15, 0.2) is 4.99 Å². The number of hydrogen-bond donors (Lipinski definition) is 2. The molecule has 0 bridgehead atoms. The van der Waals surface area contributed by atoms with Gasteiger partial charge < -0.3 is 20.4 Å². The van der Waals surface area contributed by atoms with E-state index in [2.05, 4.69) is 32.5 Å². The molecule has 2 atom stereocenters. The quantitative estimate of drug-likeness (QED) is 0.369. The second-order valence-corrected chi connectivity index (χ2v) is 8.12. The summed E-state index contributed by atoms with van der Waals surface area (Å²) in [6, 6.07) is 0.324. The Morgan fingerprint density at radius 3 is 2.50 bits per heavy atom. The molecule has 3 rings (SSSR count). The minimum absolute atomic E-state index is 0. The summed E-state index contributed by atoms with van der Waals surface area (Å²) >= 11 is 0. The summed E-state index contributed by atoms with van der Waals surface area (Å²) in [6.45, 7) is 5.04. The Labute approximate surface area is 175 Å². The van der Waals surface area contributed by atoms with Crippen LogP contribution in [0.25, 0.3) is 0 Å². The van der Waals surface area contributed by atoms with Crippen molar-refractivity contribution in [3.63, 3.8) is 0 Å². The van der Waals surface area contributed by atoms with Crippen molar-refractivity contribution in [2.75, 3.05) is 46.8 Å². The summed E-state index contributed by atoms with van der Waals surface area (Å²) in [7, 11) is 4.01. The number of amides is 1. The number of likely N-dealkylation sites (tertiary alicyclic amines) is 2. The molecular formula is C19H36IN5O. The minimum Gasteiger partial charge on any atom is -0.356 e. The fourth-order valence-electron chi connectivity index (χ4n) is 4.51. The van der Waals surface area contributed by atoms with Gasteiger partial charge in [-0.3, -0.25) is 9.79 Å². The monoisotopic (exact) mass is 477 g/mol. The molecule has 0 aromatic heterocycles. The predicted octanol–water partition coefficient (Wildman–Crippen LogP) is 1.90. The highest BCUT2D eigenvalue weighted by Crippen LogP contribution is 2.26. The number of guanidine groups is 1. The molecule has 2 heterocycles. The van der Waals surface area contributed by atoms with Crippen molar-refractivity contribution in [3.05, 3.63) is 0 Å². The van der Waals surface area contributed by atoms with Gasteiger partial charge in [-0.1, -0.05) is 19.3 Å². The van der Waals surface area contributed by atoms with Crippen LogP contribution in [-0.2, 0) is 4.79 Å². The molecule has 1 aliphatic carbocycles. The van der Waals surface area contributed by atoms with Crippen molar-refractivity contribution in [3.8, 4) is 0 Å². The van der Waals surface area contributed by atoms with Crippen molar-refractivity contribution < 1.29 is 4.79 Å². The average molecular weight is 477 g/mol. The van der Waals surface area contributed by atoms with E-state index in [1.54, 1.807) is 0 Å². The molecule has 0 aromatic rings. The maximum Gasteiger partial charge on any atom is 0.225 e. The van der Waals surface area contributed by atoms with E-state index in [1.165, 1.54) is 32.2 Å². The van der Waals surface area contributed by atoms with E-state index in [1.807, 2.05) is 7.05 Å². The normalized spacial score (nSPS) is 28.1. The molecule has 2 N–H and O–H groups in total. The van der Waals surface area contributed by atoms with Crippen molar-refractivity contribution in [1.82, 2.24) is 20.4 Å². The van der Waals surface area contributed by atoms with Crippen molar-refractivity contribution >= 4 is 35.8 Å². The fraction of sp³-hybridized carbons (Fsp3) is 0.895. The second-order valence-electron chi connectivity index (χ2n) is 8.12.